The Morgan fingerprint density at radius 2 is 2.00 bits per heavy atom. The molecule has 2 amide bonds. The summed E-state index contributed by atoms with van der Waals surface area (Å²) in [7, 11) is 0. The number of nitrogens with one attached hydrogen (secondary N) is 1. The zero-order valence-corrected chi connectivity index (χ0v) is 16.8. The van der Waals surface area contributed by atoms with E-state index in [1.165, 1.54) is 0 Å². The van der Waals surface area contributed by atoms with Gasteiger partial charge >= 0.3 is 0 Å². The number of aryl methyl sites for hydroxylation is 1. The van der Waals surface area contributed by atoms with Crippen LogP contribution in [0.15, 0.2) is 18.2 Å². The van der Waals surface area contributed by atoms with E-state index < -0.39 is 0 Å². The molecular weight excluding hydrogens is 370 g/mol. The molecule has 2 atom stereocenters. The topological polar surface area (TPSA) is 75.4 Å². The fourth-order valence-corrected chi connectivity index (χ4v) is 4.55. The van der Waals surface area contributed by atoms with Gasteiger partial charge in [-0.15, -0.1) is 12.4 Å². The van der Waals surface area contributed by atoms with Gasteiger partial charge in [-0.25, -0.2) is 0 Å². The van der Waals surface area contributed by atoms with Gasteiger partial charge in [-0.1, -0.05) is 6.42 Å². The third-order valence-corrected chi connectivity index (χ3v) is 6.15. The molecule has 1 saturated carbocycles. The van der Waals surface area contributed by atoms with Crippen LogP contribution in [0.3, 0.4) is 0 Å². The maximum absolute atomic E-state index is 12.6. The lowest BCUT2D eigenvalue weighted by Crippen LogP contribution is -2.37. The van der Waals surface area contributed by atoms with Crippen LogP contribution in [0.25, 0.3) is 0 Å². The number of amides is 2. The van der Waals surface area contributed by atoms with Crippen molar-refractivity contribution >= 4 is 41.7 Å². The predicted octanol–water partition coefficient (Wildman–Crippen LogP) is 3.06. The molecule has 0 unspecified atom stereocenters. The zero-order chi connectivity index (χ0) is 17.8. The van der Waals surface area contributed by atoms with Crippen LogP contribution in [0, 0.1) is 12.8 Å². The zero-order valence-electron chi connectivity index (χ0n) is 15.2. The summed E-state index contributed by atoms with van der Waals surface area (Å²) in [6.07, 6.45) is 3.65. The number of nitrogens with zero attached hydrogens (tertiary/aromatic N) is 1. The van der Waals surface area contributed by atoms with Crippen molar-refractivity contribution in [3.8, 4) is 0 Å². The lowest BCUT2D eigenvalue weighted by atomic mass is 9.99. The second-order valence-electron chi connectivity index (χ2n) is 7.04. The number of carbonyl (C=O) groups is 2. The first-order valence-corrected chi connectivity index (χ1v) is 10.2. The number of hydrogen-bond acceptors (Lipinski definition) is 4. The molecule has 144 valence electrons. The number of thioether (sulfide) groups is 1. The summed E-state index contributed by atoms with van der Waals surface area (Å²) >= 11 is 1.89. The summed E-state index contributed by atoms with van der Waals surface area (Å²) < 4.78 is 0. The average Bonchev–Trinajstić information content (AvgIpc) is 3.01. The quantitative estimate of drug-likeness (QED) is 0.818. The second-order valence-corrected chi connectivity index (χ2v) is 8.27. The van der Waals surface area contributed by atoms with E-state index in [4.69, 9.17) is 5.73 Å². The largest absolute Gasteiger partial charge is 0.337 e. The minimum atomic E-state index is 0. The van der Waals surface area contributed by atoms with Crippen LogP contribution >= 0.6 is 24.2 Å². The van der Waals surface area contributed by atoms with Crippen molar-refractivity contribution in [3.63, 3.8) is 0 Å². The second kappa shape index (κ2) is 9.62. The highest BCUT2D eigenvalue weighted by molar-refractivity contribution is 7.99. The van der Waals surface area contributed by atoms with Crippen molar-refractivity contribution in [2.75, 3.05) is 29.9 Å². The molecule has 3 rings (SSSR count). The molecule has 2 fully saturated rings. The number of hydrogen-bond donors (Lipinski definition) is 2. The third-order valence-electron chi connectivity index (χ3n) is 5.21. The molecule has 1 aliphatic carbocycles. The van der Waals surface area contributed by atoms with Crippen LogP contribution in [-0.4, -0.2) is 47.4 Å². The molecule has 3 N–H and O–H groups in total. The molecule has 0 aromatic heterocycles. The van der Waals surface area contributed by atoms with Gasteiger partial charge in [0.05, 0.1) is 0 Å². The van der Waals surface area contributed by atoms with Gasteiger partial charge in [0.1, 0.15) is 0 Å². The molecule has 1 aliphatic heterocycles. The molecule has 1 aromatic rings. The number of carbonyl (C=O) groups excluding carboxylic acids is 2. The third kappa shape index (κ3) is 5.15. The van der Waals surface area contributed by atoms with Crippen LogP contribution in [0.4, 0.5) is 5.69 Å². The van der Waals surface area contributed by atoms with Gasteiger partial charge in [-0.2, -0.15) is 11.8 Å². The van der Waals surface area contributed by atoms with Crippen molar-refractivity contribution in [1.29, 1.82) is 0 Å². The first kappa shape index (κ1) is 21.1. The molecular formula is C19H28ClN3O2S. The summed E-state index contributed by atoms with van der Waals surface area (Å²) in [5.74, 6) is 2.39. The maximum atomic E-state index is 12.6. The molecule has 1 heterocycles. The van der Waals surface area contributed by atoms with E-state index in [0.717, 1.165) is 55.1 Å². The van der Waals surface area contributed by atoms with Crippen molar-refractivity contribution in [2.24, 2.45) is 11.7 Å². The molecule has 7 heteroatoms. The van der Waals surface area contributed by atoms with E-state index in [-0.39, 0.29) is 36.2 Å². The summed E-state index contributed by atoms with van der Waals surface area (Å²) in [5.41, 5.74) is 8.44. The van der Waals surface area contributed by atoms with Gasteiger partial charge in [-0.3, -0.25) is 9.59 Å². The maximum Gasteiger partial charge on any atom is 0.253 e. The summed E-state index contributed by atoms with van der Waals surface area (Å²) in [4.78, 5) is 26.8. The highest BCUT2D eigenvalue weighted by atomic mass is 35.5. The number of rotatable bonds is 4. The normalized spacial score (nSPS) is 22.6. The van der Waals surface area contributed by atoms with Gasteiger partial charge in [-0.05, 0) is 49.4 Å². The van der Waals surface area contributed by atoms with E-state index in [1.54, 1.807) is 0 Å². The van der Waals surface area contributed by atoms with Gasteiger partial charge < -0.3 is 16.0 Å². The monoisotopic (exact) mass is 397 g/mol. The number of nitrogens with two attached hydrogens (primary N) is 1. The van der Waals surface area contributed by atoms with E-state index in [9.17, 15) is 9.59 Å². The lowest BCUT2D eigenvalue weighted by Gasteiger charge is -2.26. The van der Waals surface area contributed by atoms with Crippen LogP contribution in [0.1, 0.15) is 41.6 Å². The Hall–Kier alpha value is -1.24. The molecule has 1 saturated heterocycles. The summed E-state index contributed by atoms with van der Waals surface area (Å²) in [5, 5.41) is 2.98. The fourth-order valence-electron chi connectivity index (χ4n) is 3.64. The van der Waals surface area contributed by atoms with Crippen molar-refractivity contribution < 1.29 is 9.59 Å². The molecule has 5 nitrogen and oxygen atoms in total. The summed E-state index contributed by atoms with van der Waals surface area (Å²) in [6.45, 7) is 3.55. The van der Waals surface area contributed by atoms with Gasteiger partial charge in [0.15, 0.2) is 0 Å². The molecule has 2 aliphatic rings. The van der Waals surface area contributed by atoms with Gasteiger partial charge in [0.2, 0.25) is 5.91 Å². The van der Waals surface area contributed by atoms with Crippen LogP contribution in [0.2, 0.25) is 0 Å². The molecule has 0 bridgehead atoms. The molecule has 1 aromatic carbocycles. The van der Waals surface area contributed by atoms with Crippen molar-refractivity contribution in [1.82, 2.24) is 4.90 Å². The SMILES string of the molecule is Cc1cc(C(=O)N2CCSCC2)ccc1NC(=O)C[C@@H]1CCC[C@H]1N.Cl. The number of benzene rings is 1. The lowest BCUT2D eigenvalue weighted by molar-refractivity contribution is -0.117. The highest BCUT2D eigenvalue weighted by Crippen LogP contribution is 2.27. The molecule has 0 radical (unpaired) electrons. The van der Waals surface area contributed by atoms with Gasteiger partial charge in [0, 0.05) is 48.3 Å². The predicted molar refractivity (Wildman–Crippen MR) is 110 cm³/mol. The van der Waals surface area contributed by atoms with E-state index in [2.05, 4.69) is 5.32 Å². The highest BCUT2D eigenvalue weighted by Gasteiger charge is 2.26. The van der Waals surface area contributed by atoms with Crippen LogP contribution in [-0.2, 0) is 4.79 Å². The first-order valence-electron chi connectivity index (χ1n) is 9.07. The average molecular weight is 398 g/mol. The molecule has 26 heavy (non-hydrogen) atoms. The Bertz CT molecular complexity index is 650. The van der Waals surface area contributed by atoms with E-state index in [1.807, 2.05) is 41.8 Å². The fraction of sp³-hybridized carbons (Fsp3) is 0.579. The van der Waals surface area contributed by atoms with Crippen molar-refractivity contribution in [3.05, 3.63) is 29.3 Å². The Morgan fingerprint density at radius 1 is 1.27 bits per heavy atom. The number of halogens is 1. The Labute approximate surface area is 165 Å². The van der Waals surface area contributed by atoms with E-state index in [0.29, 0.717) is 12.0 Å². The van der Waals surface area contributed by atoms with Gasteiger partial charge in [0.25, 0.3) is 5.91 Å². The minimum Gasteiger partial charge on any atom is -0.337 e. The van der Waals surface area contributed by atoms with Crippen molar-refractivity contribution in [2.45, 2.75) is 38.6 Å². The summed E-state index contributed by atoms with van der Waals surface area (Å²) in [6, 6.07) is 5.68. The van der Waals surface area contributed by atoms with Crippen LogP contribution < -0.4 is 11.1 Å². The minimum absolute atomic E-state index is 0. The van der Waals surface area contributed by atoms with E-state index >= 15 is 0 Å². The Balaban J connectivity index is 0.00000243. The Kier molecular flexibility index (Phi) is 7.80. The smallest absolute Gasteiger partial charge is 0.253 e. The standard InChI is InChI=1S/C19H27N3O2S.ClH/c1-13-11-15(19(24)22-7-9-25-10-8-22)5-6-17(13)21-18(23)12-14-3-2-4-16(14)20;/h5-6,11,14,16H,2-4,7-10,12,20H2,1H3,(H,21,23);1H/t14-,16+;/m0./s1. The van der Waals surface area contributed by atoms with Crippen LogP contribution in [0.5, 0.6) is 0 Å². The first-order chi connectivity index (χ1) is 12.0. The molecule has 0 spiro atoms. The number of anilines is 1. The Morgan fingerprint density at radius 3 is 2.62 bits per heavy atom.